The molecule has 0 saturated carbocycles. The third kappa shape index (κ3) is 3.98. The Morgan fingerprint density at radius 3 is 2.73 bits per heavy atom. The first kappa shape index (κ1) is 18.6. The number of carbonyl (C=O) groups is 1. The van der Waals surface area contributed by atoms with Gasteiger partial charge in [0, 0.05) is 53.0 Å². The molecule has 26 heavy (non-hydrogen) atoms. The Morgan fingerprint density at radius 2 is 2.15 bits per heavy atom. The summed E-state index contributed by atoms with van der Waals surface area (Å²) < 4.78 is 26.8. The van der Waals surface area contributed by atoms with Gasteiger partial charge in [-0.15, -0.1) is 0 Å². The number of amides is 1. The van der Waals surface area contributed by atoms with Crippen LogP contribution in [0.25, 0.3) is 0 Å². The van der Waals surface area contributed by atoms with Gasteiger partial charge in [-0.2, -0.15) is 5.10 Å². The number of piperazine rings is 1. The van der Waals surface area contributed by atoms with Gasteiger partial charge in [0.2, 0.25) is 15.9 Å². The first-order valence-electron chi connectivity index (χ1n) is 8.63. The van der Waals surface area contributed by atoms with Crippen LogP contribution in [0.2, 0.25) is 0 Å². The molecule has 144 valence electrons. The number of carbonyl (C=O) groups excluding carboxylic acids is 1. The van der Waals surface area contributed by atoms with E-state index in [1.54, 1.807) is 22.8 Å². The molecule has 3 heterocycles. The second-order valence-corrected chi connectivity index (χ2v) is 8.47. The Labute approximate surface area is 153 Å². The first-order valence-corrected chi connectivity index (χ1v) is 10.2. The molecule has 0 atom stereocenters. The van der Waals surface area contributed by atoms with Gasteiger partial charge < -0.3 is 15.1 Å². The summed E-state index contributed by atoms with van der Waals surface area (Å²) in [6, 6.07) is 0. The zero-order valence-corrected chi connectivity index (χ0v) is 15.9. The Bertz CT molecular complexity index is 789. The van der Waals surface area contributed by atoms with E-state index in [0.29, 0.717) is 45.1 Å². The maximum Gasteiger partial charge on any atom is 0.246 e. The minimum absolute atomic E-state index is 0.0191. The molecule has 0 spiro atoms. The van der Waals surface area contributed by atoms with E-state index in [4.69, 9.17) is 0 Å². The van der Waals surface area contributed by atoms with Crippen molar-refractivity contribution >= 4 is 27.6 Å². The standard InChI is InChI=1S/C15H25N7O3S/c1-16-15(17-4-6-21-5-3-9-26(21,24)25)20-7-8-22(14(23)12-20)13-10-18-19(2)11-13/h10-11H,3-9,12H2,1-2H3,(H,16,17). The molecule has 2 aliphatic heterocycles. The van der Waals surface area contributed by atoms with E-state index in [9.17, 15) is 13.2 Å². The van der Waals surface area contributed by atoms with Crippen molar-refractivity contribution in [3.05, 3.63) is 12.4 Å². The molecule has 1 aromatic rings. The summed E-state index contributed by atoms with van der Waals surface area (Å²) >= 11 is 0. The van der Waals surface area contributed by atoms with Crippen molar-refractivity contribution in [3.63, 3.8) is 0 Å². The summed E-state index contributed by atoms with van der Waals surface area (Å²) in [6.45, 7) is 2.85. The number of nitrogens with one attached hydrogen (secondary N) is 1. The molecule has 0 unspecified atom stereocenters. The molecule has 2 aliphatic rings. The highest BCUT2D eigenvalue weighted by Crippen LogP contribution is 2.16. The molecule has 10 nitrogen and oxygen atoms in total. The molecule has 2 saturated heterocycles. The van der Waals surface area contributed by atoms with Crippen molar-refractivity contribution in [2.24, 2.45) is 12.0 Å². The Morgan fingerprint density at radius 1 is 1.35 bits per heavy atom. The van der Waals surface area contributed by atoms with E-state index >= 15 is 0 Å². The lowest BCUT2D eigenvalue weighted by Crippen LogP contribution is -2.56. The van der Waals surface area contributed by atoms with Crippen LogP contribution in [0.1, 0.15) is 6.42 Å². The van der Waals surface area contributed by atoms with Gasteiger partial charge in [0.05, 0.1) is 17.6 Å². The Balaban J connectivity index is 1.52. The number of rotatable bonds is 4. The average molecular weight is 383 g/mol. The fraction of sp³-hybridized carbons (Fsp3) is 0.667. The fourth-order valence-electron chi connectivity index (χ4n) is 3.24. The molecule has 0 aromatic carbocycles. The minimum Gasteiger partial charge on any atom is -0.355 e. The summed E-state index contributed by atoms with van der Waals surface area (Å²) in [6.07, 6.45) is 4.18. The van der Waals surface area contributed by atoms with Crippen LogP contribution in [0, 0.1) is 0 Å². The van der Waals surface area contributed by atoms with Crippen LogP contribution >= 0.6 is 0 Å². The van der Waals surface area contributed by atoms with Gasteiger partial charge in [-0.25, -0.2) is 12.7 Å². The molecular formula is C15H25N7O3S. The van der Waals surface area contributed by atoms with E-state index in [0.717, 1.165) is 5.69 Å². The normalized spacial score (nSPS) is 21.5. The highest BCUT2D eigenvalue weighted by molar-refractivity contribution is 7.89. The van der Waals surface area contributed by atoms with Gasteiger partial charge in [0.25, 0.3) is 0 Å². The molecular weight excluding hydrogens is 358 g/mol. The molecule has 11 heteroatoms. The third-order valence-electron chi connectivity index (χ3n) is 4.58. The van der Waals surface area contributed by atoms with Crippen LogP contribution in [-0.4, -0.2) is 91.3 Å². The van der Waals surface area contributed by atoms with Gasteiger partial charge in [0.1, 0.15) is 6.54 Å². The number of hydrogen-bond acceptors (Lipinski definition) is 5. The van der Waals surface area contributed by atoms with E-state index in [-0.39, 0.29) is 18.2 Å². The number of anilines is 1. The number of aryl methyl sites for hydroxylation is 1. The number of sulfonamides is 1. The van der Waals surface area contributed by atoms with Crippen molar-refractivity contribution in [2.75, 3.05) is 57.0 Å². The second kappa shape index (κ2) is 7.62. The zero-order chi connectivity index (χ0) is 18.7. The van der Waals surface area contributed by atoms with Gasteiger partial charge in [-0.3, -0.25) is 14.5 Å². The second-order valence-electron chi connectivity index (χ2n) is 6.38. The minimum atomic E-state index is -3.09. The number of guanidine groups is 1. The molecule has 1 aromatic heterocycles. The van der Waals surface area contributed by atoms with Crippen molar-refractivity contribution < 1.29 is 13.2 Å². The Kier molecular flexibility index (Phi) is 5.47. The fourth-order valence-corrected chi connectivity index (χ4v) is 4.77. The summed E-state index contributed by atoms with van der Waals surface area (Å²) in [5, 5.41) is 7.27. The molecule has 2 fully saturated rings. The predicted molar refractivity (Wildman–Crippen MR) is 98.5 cm³/mol. The topological polar surface area (TPSA) is 103 Å². The lowest BCUT2D eigenvalue weighted by molar-refractivity contribution is -0.120. The van der Waals surface area contributed by atoms with Crippen LogP contribution in [0.4, 0.5) is 5.69 Å². The quantitative estimate of drug-likeness (QED) is 0.511. The summed E-state index contributed by atoms with van der Waals surface area (Å²) in [5.74, 6) is 0.821. The first-order chi connectivity index (χ1) is 12.4. The Hall–Kier alpha value is -2.14. The van der Waals surface area contributed by atoms with Crippen molar-refractivity contribution in [1.82, 2.24) is 24.3 Å². The van der Waals surface area contributed by atoms with E-state index in [1.165, 1.54) is 4.31 Å². The molecule has 0 aliphatic carbocycles. The van der Waals surface area contributed by atoms with Crippen LogP contribution in [-0.2, 0) is 21.9 Å². The molecule has 3 rings (SSSR count). The monoisotopic (exact) mass is 383 g/mol. The summed E-state index contributed by atoms with van der Waals surface area (Å²) in [5.41, 5.74) is 0.791. The van der Waals surface area contributed by atoms with E-state index in [1.807, 2.05) is 18.1 Å². The smallest absolute Gasteiger partial charge is 0.246 e. The molecule has 1 amide bonds. The lowest BCUT2D eigenvalue weighted by atomic mass is 10.3. The van der Waals surface area contributed by atoms with Crippen LogP contribution in [0.3, 0.4) is 0 Å². The van der Waals surface area contributed by atoms with Gasteiger partial charge in [0.15, 0.2) is 5.96 Å². The van der Waals surface area contributed by atoms with Crippen LogP contribution in [0.5, 0.6) is 0 Å². The largest absolute Gasteiger partial charge is 0.355 e. The number of aliphatic imine (C=N–C) groups is 1. The maximum atomic E-state index is 12.5. The SMILES string of the molecule is CN=C(NCCN1CCCS1(=O)=O)N1CCN(c2cnn(C)c2)C(=O)C1. The van der Waals surface area contributed by atoms with Gasteiger partial charge in [-0.1, -0.05) is 0 Å². The van der Waals surface area contributed by atoms with Crippen molar-refractivity contribution in [2.45, 2.75) is 6.42 Å². The predicted octanol–water partition coefficient (Wildman–Crippen LogP) is -1.32. The number of hydrogen-bond donors (Lipinski definition) is 1. The van der Waals surface area contributed by atoms with E-state index < -0.39 is 10.0 Å². The average Bonchev–Trinajstić information content (AvgIpc) is 3.17. The number of nitrogens with zero attached hydrogens (tertiary/aromatic N) is 6. The van der Waals surface area contributed by atoms with Crippen LogP contribution < -0.4 is 10.2 Å². The maximum absolute atomic E-state index is 12.5. The highest BCUT2D eigenvalue weighted by atomic mass is 32.2. The van der Waals surface area contributed by atoms with Crippen molar-refractivity contribution in [3.8, 4) is 0 Å². The molecule has 0 radical (unpaired) electrons. The van der Waals surface area contributed by atoms with Gasteiger partial charge >= 0.3 is 0 Å². The highest BCUT2D eigenvalue weighted by Gasteiger charge is 2.29. The van der Waals surface area contributed by atoms with Crippen molar-refractivity contribution in [1.29, 1.82) is 0 Å². The third-order valence-corrected chi connectivity index (χ3v) is 6.54. The summed E-state index contributed by atoms with van der Waals surface area (Å²) in [4.78, 5) is 20.3. The lowest BCUT2D eigenvalue weighted by Gasteiger charge is -2.35. The van der Waals surface area contributed by atoms with Gasteiger partial charge in [-0.05, 0) is 6.42 Å². The number of aromatic nitrogens is 2. The molecule has 0 bridgehead atoms. The van der Waals surface area contributed by atoms with Crippen LogP contribution in [0.15, 0.2) is 17.4 Å². The summed E-state index contributed by atoms with van der Waals surface area (Å²) in [7, 11) is 0.386. The molecule has 1 N–H and O–H groups in total. The zero-order valence-electron chi connectivity index (χ0n) is 15.1. The van der Waals surface area contributed by atoms with E-state index in [2.05, 4.69) is 15.4 Å².